The number of nitrogens with zero attached hydrogens (tertiary/aromatic N) is 4. The van der Waals surface area contributed by atoms with Gasteiger partial charge in [-0.15, -0.1) is 0 Å². The zero-order valence-corrected chi connectivity index (χ0v) is 16.5. The smallest absolute Gasteiger partial charge is 0.213 e. The number of fused-ring (bicyclic) bond motifs is 3. The molecule has 0 amide bonds. The zero-order valence-electron chi connectivity index (χ0n) is 15.7. The predicted molar refractivity (Wildman–Crippen MR) is 107 cm³/mol. The van der Waals surface area contributed by atoms with Gasteiger partial charge in [-0.2, -0.15) is 0 Å². The maximum atomic E-state index is 10.5. The third-order valence-electron chi connectivity index (χ3n) is 5.14. The lowest BCUT2D eigenvalue weighted by molar-refractivity contribution is 0.175. The van der Waals surface area contributed by atoms with Crippen LogP contribution in [0.3, 0.4) is 0 Å². The van der Waals surface area contributed by atoms with Gasteiger partial charge in [-0.1, -0.05) is 24.6 Å². The number of anilines is 2. The van der Waals surface area contributed by atoms with Crippen LogP contribution in [0.1, 0.15) is 37.1 Å². The highest BCUT2D eigenvalue weighted by atomic mass is 35.5. The van der Waals surface area contributed by atoms with Crippen molar-refractivity contribution in [2.75, 3.05) is 18.6 Å². The Morgan fingerprint density at radius 2 is 2.04 bits per heavy atom. The summed E-state index contributed by atoms with van der Waals surface area (Å²) in [5, 5.41) is 11.1. The molecule has 1 unspecified atom stereocenters. The number of aromatic nitrogens is 3. The van der Waals surface area contributed by atoms with E-state index in [1.165, 1.54) is 0 Å². The second-order valence-corrected chi connectivity index (χ2v) is 7.19. The average molecular weight is 387 g/mol. The molecule has 2 aromatic heterocycles. The molecular weight excluding hydrogens is 364 g/mol. The number of halogens is 1. The Hall–Kier alpha value is -2.31. The fourth-order valence-electron chi connectivity index (χ4n) is 3.77. The molecule has 0 spiro atoms. The summed E-state index contributed by atoms with van der Waals surface area (Å²) in [5.74, 6) is 1.43. The Morgan fingerprint density at radius 1 is 1.22 bits per heavy atom. The normalized spacial score (nSPS) is 15.1. The van der Waals surface area contributed by atoms with Gasteiger partial charge in [-0.3, -0.25) is 0 Å². The number of benzene rings is 1. The van der Waals surface area contributed by atoms with Crippen LogP contribution >= 0.6 is 11.6 Å². The van der Waals surface area contributed by atoms with E-state index in [0.717, 1.165) is 53.4 Å². The summed E-state index contributed by atoms with van der Waals surface area (Å²) >= 11 is 6.46. The first-order chi connectivity index (χ1) is 13.0. The van der Waals surface area contributed by atoms with Crippen molar-refractivity contribution >= 4 is 34.3 Å². The second-order valence-electron chi connectivity index (χ2n) is 6.78. The van der Waals surface area contributed by atoms with Crippen molar-refractivity contribution in [3.63, 3.8) is 0 Å². The molecule has 0 bridgehead atoms. The Kier molecular flexibility index (Phi) is 4.70. The maximum Gasteiger partial charge on any atom is 0.213 e. The summed E-state index contributed by atoms with van der Waals surface area (Å²) in [6.07, 6.45) is 1.07. The number of pyridine rings is 1. The number of ether oxygens (including phenoxy) is 1. The number of methoxy groups -OCH3 is 1. The van der Waals surface area contributed by atoms with Gasteiger partial charge >= 0.3 is 0 Å². The van der Waals surface area contributed by atoms with E-state index in [4.69, 9.17) is 21.3 Å². The minimum atomic E-state index is -0.537. The standard InChI is InChI=1S/C20H23ClN4O2/c1-4-16(26)13-6-7-14(21)18-19(13)25-11-5-10-24(20(25)23-18)15-8-9-17(27-3)22-12(15)2/h6-9,16,26H,4-5,10-11H2,1-3H3. The van der Waals surface area contributed by atoms with Gasteiger partial charge in [0.05, 0.1) is 35.1 Å². The van der Waals surface area contributed by atoms with Crippen LogP contribution in [0, 0.1) is 6.92 Å². The number of aliphatic hydroxyl groups is 1. The molecule has 4 rings (SSSR count). The first-order valence-electron chi connectivity index (χ1n) is 9.21. The van der Waals surface area contributed by atoms with E-state index >= 15 is 0 Å². The first kappa shape index (κ1) is 18.1. The Labute approximate surface area is 163 Å². The summed E-state index contributed by atoms with van der Waals surface area (Å²) in [4.78, 5) is 11.5. The molecule has 27 heavy (non-hydrogen) atoms. The number of imidazole rings is 1. The van der Waals surface area contributed by atoms with Crippen LogP contribution < -0.4 is 9.64 Å². The quantitative estimate of drug-likeness (QED) is 0.720. The van der Waals surface area contributed by atoms with Gasteiger partial charge in [0.15, 0.2) is 0 Å². The van der Waals surface area contributed by atoms with Gasteiger partial charge in [-0.25, -0.2) is 9.97 Å². The van der Waals surface area contributed by atoms with Crippen LogP contribution in [0.15, 0.2) is 24.3 Å². The van der Waals surface area contributed by atoms with Gasteiger partial charge in [-0.05, 0) is 31.9 Å². The highest BCUT2D eigenvalue weighted by Gasteiger charge is 2.27. The molecule has 1 aromatic carbocycles. The number of hydrogen-bond acceptors (Lipinski definition) is 5. The van der Waals surface area contributed by atoms with Crippen molar-refractivity contribution in [1.82, 2.24) is 14.5 Å². The van der Waals surface area contributed by atoms with E-state index in [-0.39, 0.29) is 0 Å². The molecule has 0 aliphatic carbocycles. The lowest BCUT2D eigenvalue weighted by atomic mass is 10.1. The van der Waals surface area contributed by atoms with Crippen molar-refractivity contribution in [3.05, 3.63) is 40.5 Å². The van der Waals surface area contributed by atoms with Crippen LogP contribution in [0.5, 0.6) is 5.88 Å². The molecule has 0 saturated heterocycles. The molecule has 1 aliphatic heterocycles. The van der Waals surface area contributed by atoms with Crippen LogP contribution in [0.2, 0.25) is 5.02 Å². The van der Waals surface area contributed by atoms with E-state index in [0.29, 0.717) is 17.3 Å². The molecule has 3 aromatic rings. The van der Waals surface area contributed by atoms with Crippen molar-refractivity contribution in [2.24, 2.45) is 0 Å². The molecule has 3 heterocycles. The number of aliphatic hydroxyl groups excluding tert-OH is 1. The third kappa shape index (κ3) is 2.93. The van der Waals surface area contributed by atoms with Gasteiger partial charge in [0.25, 0.3) is 0 Å². The van der Waals surface area contributed by atoms with Crippen LogP contribution in [-0.2, 0) is 6.54 Å². The van der Waals surface area contributed by atoms with Crippen LogP contribution in [-0.4, -0.2) is 33.3 Å². The van der Waals surface area contributed by atoms with Gasteiger partial charge in [0.2, 0.25) is 11.8 Å². The molecule has 1 aliphatic rings. The highest BCUT2D eigenvalue weighted by Crippen LogP contribution is 2.39. The van der Waals surface area contributed by atoms with E-state index < -0.39 is 6.10 Å². The minimum Gasteiger partial charge on any atom is -0.481 e. The fourth-order valence-corrected chi connectivity index (χ4v) is 3.97. The average Bonchev–Trinajstić information content (AvgIpc) is 3.08. The number of aryl methyl sites for hydroxylation is 2. The summed E-state index contributed by atoms with van der Waals surface area (Å²) in [6, 6.07) is 7.61. The molecule has 1 atom stereocenters. The summed E-state index contributed by atoms with van der Waals surface area (Å²) in [6.45, 7) is 5.63. The van der Waals surface area contributed by atoms with E-state index in [1.807, 2.05) is 38.1 Å². The van der Waals surface area contributed by atoms with Crippen molar-refractivity contribution in [2.45, 2.75) is 39.3 Å². The molecule has 7 heteroatoms. The molecule has 0 fully saturated rings. The second kappa shape index (κ2) is 7.02. The van der Waals surface area contributed by atoms with Crippen molar-refractivity contribution in [1.29, 1.82) is 0 Å². The number of rotatable bonds is 4. The highest BCUT2D eigenvalue weighted by molar-refractivity contribution is 6.35. The Balaban J connectivity index is 1.91. The molecule has 0 saturated carbocycles. The monoisotopic (exact) mass is 386 g/mol. The largest absolute Gasteiger partial charge is 0.481 e. The van der Waals surface area contributed by atoms with E-state index in [2.05, 4.69) is 14.5 Å². The summed E-state index contributed by atoms with van der Waals surface area (Å²) in [5.41, 5.74) is 4.43. The Bertz CT molecular complexity index is 1000. The van der Waals surface area contributed by atoms with Crippen molar-refractivity contribution in [3.8, 4) is 5.88 Å². The van der Waals surface area contributed by atoms with Gasteiger partial charge in [0, 0.05) is 24.7 Å². The van der Waals surface area contributed by atoms with Gasteiger partial charge in [0.1, 0.15) is 5.52 Å². The van der Waals surface area contributed by atoms with Crippen LogP contribution in [0.25, 0.3) is 11.0 Å². The summed E-state index contributed by atoms with van der Waals surface area (Å²) < 4.78 is 7.40. The van der Waals surface area contributed by atoms with Gasteiger partial charge < -0.3 is 19.3 Å². The molecule has 0 radical (unpaired) electrons. The molecular formula is C20H23ClN4O2. The van der Waals surface area contributed by atoms with Crippen LogP contribution in [0.4, 0.5) is 11.6 Å². The van der Waals surface area contributed by atoms with Crippen molar-refractivity contribution < 1.29 is 9.84 Å². The minimum absolute atomic E-state index is 0.537. The molecule has 6 nitrogen and oxygen atoms in total. The lowest BCUT2D eigenvalue weighted by Gasteiger charge is -2.30. The maximum absolute atomic E-state index is 10.5. The fraction of sp³-hybridized carbons (Fsp3) is 0.400. The SMILES string of the molecule is CCC(O)c1ccc(Cl)c2nc3n(c12)CCCN3c1ccc(OC)nc1C. The molecule has 1 N–H and O–H groups in total. The summed E-state index contributed by atoms with van der Waals surface area (Å²) in [7, 11) is 1.62. The molecule has 142 valence electrons. The van der Waals surface area contributed by atoms with E-state index in [1.54, 1.807) is 7.11 Å². The Morgan fingerprint density at radius 3 is 2.74 bits per heavy atom. The zero-order chi connectivity index (χ0) is 19.1. The van der Waals surface area contributed by atoms with E-state index in [9.17, 15) is 5.11 Å². The number of hydrogen-bond donors (Lipinski definition) is 1. The lowest BCUT2D eigenvalue weighted by Crippen LogP contribution is -2.29. The third-order valence-corrected chi connectivity index (χ3v) is 5.44. The predicted octanol–water partition coefficient (Wildman–Crippen LogP) is 4.39. The topological polar surface area (TPSA) is 63.4 Å². The first-order valence-corrected chi connectivity index (χ1v) is 9.58.